The molecule has 0 bridgehead atoms. The van der Waals surface area contributed by atoms with Crippen LogP contribution in [0.5, 0.6) is 11.5 Å². The van der Waals surface area contributed by atoms with E-state index in [1.54, 1.807) is 20.3 Å². The lowest BCUT2D eigenvalue weighted by atomic mass is 10.1. The molecule has 0 N–H and O–H groups in total. The lowest BCUT2D eigenvalue weighted by Gasteiger charge is -2.36. The van der Waals surface area contributed by atoms with E-state index in [-0.39, 0.29) is 5.69 Å². The molecule has 0 unspecified atom stereocenters. The summed E-state index contributed by atoms with van der Waals surface area (Å²) in [6.45, 7) is 4.20. The Bertz CT molecular complexity index is 823. The number of hydrogen-bond acceptors (Lipinski definition) is 6. The van der Waals surface area contributed by atoms with Crippen molar-refractivity contribution in [3.8, 4) is 11.5 Å². The van der Waals surface area contributed by atoms with E-state index in [1.807, 2.05) is 18.2 Å². The summed E-state index contributed by atoms with van der Waals surface area (Å²) in [7, 11) is 3.26. The summed E-state index contributed by atoms with van der Waals surface area (Å²) in [5, 5.41) is 11.3. The van der Waals surface area contributed by atoms with Gasteiger partial charge in [-0.1, -0.05) is 17.7 Å². The topological polar surface area (TPSA) is 68.1 Å². The molecule has 1 saturated heterocycles. The monoisotopic (exact) mass is 391 g/mol. The average molecular weight is 392 g/mol. The van der Waals surface area contributed by atoms with Crippen LogP contribution in [0.4, 0.5) is 11.4 Å². The largest absolute Gasteiger partial charge is 0.493 e. The van der Waals surface area contributed by atoms with Gasteiger partial charge in [0.05, 0.1) is 29.9 Å². The van der Waals surface area contributed by atoms with E-state index in [0.29, 0.717) is 5.02 Å². The van der Waals surface area contributed by atoms with Gasteiger partial charge in [-0.05, 0) is 23.8 Å². The summed E-state index contributed by atoms with van der Waals surface area (Å²) in [5.74, 6) is 1.45. The molecule has 0 aliphatic carbocycles. The van der Waals surface area contributed by atoms with Gasteiger partial charge in [0.2, 0.25) is 0 Å². The van der Waals surface area contributed by atoms with Gasteiger partial charge < -0.3 is 14.4 Å². The predicted octanol–water partition coefficient (Wildman–Crippen LogP) is 3.59. The maximum Gasteiger partial charge on any atom is 0.271 e. The van der Waals surface area contributed by atoms with E-state index in [9.17, 15) is 10.1 Å². The first kappa shape index (κ1) is 19.3. The molecule has 7 nitrogen and oxygen atoms in total. The summed E-state index contributed by atoms with van der Waals surface area (Å²) in [6, 6.07) is 10.6. The van der Waals surface area contributed by atoms with E-state index in [1.165, 1.54) is 12.1 Å². The third kappa shape index (κ3) is 4.43. The number of anilines is 1. The van der Waals surface area contributed by atoms with E-state index in [2.05, 4.69) is 9.80 Å². The van der Waals surface area contributed by atoms with Crippen molar-refractivity contribution in [2.75, 3.05) is 45.3 Å². The third-order valence-electron chi connectivity index (χ3n) is 4.71. The summed E-state index contributed by atoms with van der Waals surface area (Å²) >= 11 is 6.25. The number of halogens is 1. The highest BCUT2D eigenvalue weighted by Gasteiger charge is 2.21. The van der Waals surface area contributed by atoms with Crippen molar-refractivity contribution in [1.29, 1.82) is 0 Å². The van der Waals surface area contributed by atoms with Crippen LogP contribution in [0, 0.1) is 10.1 Å². The molecule has 0 spiro atoms. The minimum absolute atomic E-state index is 0.0100. The molecule has 27 heavy (non-hydrogen) atoms. The third-order valence-corrected chi connectivity index (χ3v) is 5.01. The Hall–Kier alpha value is -2.51. The first-order chi connectivity index (χ1) is 13.0. The summed E-state index contributed by atoms with van der Waals surface area (Å²) in [4.78, 5) is 14.9. The second kappa shape index (κ2) is 8.45. The molecule has 0 radical (unpaired) electrons. The number of non-ortho nitro benzene ring substituents is 1. The van der Waals surface area contributed by atoms with Crippen LogP contribution in [0.25, 0.3) is 0 Å². The van der Waals surface area contributed by atoms with Crippen LogP contribution < -0.4 is 14.4 Å². The zero-order chi connectivity index (χ0) is 19.4. The predicted molar refractivity (Wildman–Crippen MR) is 105 cm³/mol. The van der Waals surface area contributed by atoms with E-state index in [0.717, 1.165) is 55.5 Å². The van der Waals surface area contributed by atoms with Gasteiger partial charge in [0.15, 0.2) is 11.5 Å². The average Bonchev–Trinajstić information content (AvgIpc) is 2.68. The van der Waals surface area contributed by atoms with Gasteiger partial charge in [0.25, 0.3) is 5.69 Å². The molecular formula is C19H22ClN3O4. The molecule has 0 aromatic heterocycles. The normalized spacial score (nSPS) is 14.9. The van der Waals surface area contributed by atoms with E-state index >= 15 is 0 Å². The quantitative estimate of drug-likeness (QED) is 0.553. The Labute approximate surface area is 163 Å². The summed E-state index contributed by atoms with van der Waals surface area (Å²) in [6.07, 6.45) is 0. The Kier molecular flexibility index (Phi) is 6.03. The van der Waals surface area contributed by atoms with E-state index in [4.69, 9.17) is 21.1 Å². The van der Waals surface area contributed by atoms with Gasteiger partial charge in [-0.25, -0.2) is 0 Å². The Balaban J connectivity index is 1.61. The SMILES string of the molecule is COc1ccc(CN2CCN(c3ccc([N+](=O)[O-])cc3Cl)CC2)cc1OC. The number of piperazine rings is 1. The van der Waals surface area contributed by atoms with Crippen molar-refractivity contribution < 1.29 is 14.4 Å². The molecule has 1 aliphatic heterocycles. The smallest absolute Gasteiger partial charge is 0.271 e. The highest BCUT2D eigenvalue weighted by Crippen LogP contribution is 2.31. The van der Waals surface area contributed by atoms with Crippen molar-refractivity contribution in [2.45, 2.75) is 6.54 Å². The molecule has 1 aliphatic rings. The zero-order valence-corrected chi connectivity index (χ0v) is 16.1. The van der Waals surface area contributed by atoms with Crippen LogP contribution in [0.1, 0.15) is 5.56 Å². The number of nitro groups is 1. The minimum Gasteiger partial charge on any atom is -0.493 e. The van der Waals surface area contributed by atoms with Crippen molar-refractivity contribution in [2.24, 2.45) is 0 Å². The molecule has 8 heteroatoms. The molecule has 2 aromatic carbocycles. The second-order valence-corrected chi connectivity index (χ2v) is 6.75. The summed E-state index contributed by atoms with van der Waals surface area (Å²) in [5.41, 5.74) is 2.01. The number of nitro benzene ring substituents is 1. The summed E-state index contributed by atoms with van der Waals surface area (Å²) < 4.78 is 10.6. The molecular weight excluding hydrogens is 370 g/mol. The van der Waals surface area contributed by atoms with Crippen molar-refractivity contribution in [1.82, 2.24) is 4.90 Å². The lowest BCUT2D eigenvalue weighted by molar-refractivity contribution is -0.384. The lowest BCUT2D eigenvalue weighted by Crippen LogP contribution is -2.46. The van der Waals surface area contributed by atoms with Gasteiger partial charge in [-0.2, -0.15) is 0 Å². The number of methoxy groups -OCH3 is 2. The molecule has 0 amide bonds. The number of hydrogen-bond donors (Lipinski definition) is 0. The fourth-order valence-electron chi connectivity index (χ4n) is 3.25. The standard InChI is InChI=1S/C19H22ClN3O4/c1-26-18-6-3-14(11-19(18)27-2)13-21-7-9-22(10-8-21)17-5-4-15(23(24)25)12-16(17)20/h3-6,11-12H,7-10,13H2,1-2H3. The van der Waals surface area contributed by atoms with Gasteiger partial charge in [0, 0.05) is 44.9 Å². The van der Waals surface area contributed by atoms with Gasteiger partial charge >= 0.3 is 0 Å². The van der Waals surface area contributed by atoms with Crippen LogP contribution in [-0.2, 0) is 6.54 Å². The molecule has 0 saturated carbocycles. The van der Waals surface area contributed by atoms with E-state index < -0.39 is 4.92 Å². The highest BCUT2D eigenvalue weighted by atomic mass is 35.5. The molecule has 144 valence electrons. The molecule has 0 atom stereocenters. The Morgan fingerprint density at radius 3 is 2.33 bits per heavy atom. The zero-order valence-electron chi connectivity index (χ0n) is 15.4. The number of rotatable bonds is 6. The van der Waals surface area contributed by atoms with Gasteiger partial charge in [0.1, 0.15) is 0 Å². The van der Waals surface area contributed by atoms with Crippen molar-refractivity contribution in [3.63, 3.8) is 0 Å². The Morgan fingerprint density at radius 1 is 1.04 bits per heavy atom. The first-order valence-electron chi connectivity index (χ1n) is 8.64. The fourth-order valence-corrected chi connectivity index (χ4v) is 3.54. The van der Waals surface area contributed by atoms with Crippen LogP contribution in [0.2, 0.25) is 5.02 Å². The van der Waals surface area contributed by atoms with Crippen LogP contribution >= 0.6 is 11.6 Å². The molecule has 1 fully saturated rings. The van der Waals surface area contributed by atoms with Crippen LogP contribution in [0.3, 0.4) is 0 Å². The number of benzene rings is 2. The number of nitrogens with zero attached hydrogens (tertiary/aromatic N) is 3. The van der Waals surface area contributed by atoms with Crippen molar-refractivity contribution >= 4 is 23.0 Å². The van der Waals surface area contributed by atoms with Crippen LogP contribution in [-0.4, -0.2) is 50.2 Å². The number of ether oxygens (including phenoxy) is 2. The Morgan fingerprint density at radius 2 is 1.74 bits per heavy atom. The molecule has 2 aromatic rings. The molecule has 3 rings (SSSR count). The van der Waals surface area contributed by atoms with Crippen molar-refractivity contribution in [3.05, 3.63) is 57.1 Å². The maximum atomic E-state index is 10.9. The van der Waals surface area contributed by atoms with Gasteiger partial charge in [-0.15, -0.1) is 0 Å². The fraction of sp³-hybridized carbons (Fsp3) is 0.368. The minimum atomic E-state index is -0.434. The first-order valence-corrected chi connectivity index (χ1v) is 9.01. The molecule has 1 heterocycles. The second-order valence-electron chi connectivity index (χ2n) is 6.35. The maximum absolute atomic E-state index is 10.9. The van der Waals surface area contributed by atoms with Gasteiger partial charge in [-0.3, -0.25) is 15.0 Å². The highest BCUT2D eigenvalue weighted by molar-refractivity contribution is 6.33. The van der Waals surface area contributed by atoms with Crippen LogP contribution in [0.15, 0.2) is 36.4 Å².